The molecule has 1 rings (SSSR count). The number of sulfone groups is 1. The van der Waals surface area contributed by atoms with Crippen molar-refractivity contribution in [1.82, 2.24) is 0 Å². The zero-order valence-corrected chi connectivity index (χ0v) is 13.1. The predicted molar refractivity (Wildman–Crippen MR) is 76.7 cm³/mol. The van der Waals surface area contributed by atoms with Gasteiger partial charge in [-0.1, -0.05) is 15.9 Å². The fraction of sp³-hybridized carbons (Fsp3) is 0.500. The monoisotopic (exact) mass is 335 g/mol. The standard InChI is InChI=1S/C12H18BrNO3S/c1-8(18(3,15)16)11(14)7-9-6-10(13)4-5-12(9)17-2/h4-6,8,11H,7,14H2,1-3H3. The molecule has 2 N–H and O–H groups in total. The maximum Gasteiger partial charge on any atom is 0.151 e. The van der Waals surface area contributed by atoms with Gasteiger partial charge in [0.2, 0.25) is 0 Å². The molecule has 0 aromatic heterocycles. The zero-order valence-electron chi connectivity index (χ0n) is 10.7. The van der Waals surface area contributed by atoms with E-state index in [0.29, 0.717) is 12.2 Å². The molecule has 4 nitrogen and oxygen atoms in total. The summed E-state index contributed by atoms with van der Waals surface area (Å²) in [7, 11) is -1.55. The van der Waals surface area contributed by atoms with E-state index in [-0.39, 0.29) is 0 Å². The van der Waals surface area contributed by atoms with Crippen LogP contribution in [0.1, 0.15) is 12.5 Å². The first-order chi connectivity index (χ1) is 8.25. The summed E-state index contributed by atoms with van der Waals surface area (Å²) >= 11 is 3.38. The predicted octanol–water partition coefficient (Wildman–Crippen LogP) is 1.76. The molecule has 0 spiro atoms. The Bertz CT molecular complexity index is 516. The lowest BCUT2D eigenvalue weighted by Gasteiger charge is -2.19. The summed E-state index contributed by atoms with van der Waals surface area (Å²) in [6.07, 6.45) is 1.66. The average Bonchev–Trinajstić information content (AvgIpc) is 2.27. The summed E-state index contributed by atoms with van der Waals surface area (Å²) in [5.41, 5.74) is 6.86. The van der Waals surface area contributed by atoms with Gasteiger partial charge in [-0.05, 0) is 37.1 Å². The molecule has 0 saturated carbocycles. The molecule has 0 heterocycles. The van der Waals surface area contributed by atoms with Crippen molar-refractivity contribution in [2.24, 2.45) is 5.73 Å². The highest BCUT2D eigenvalue weighted by Crippen LogP contribution is 2.24. The Labute approximate surface area is 117 Å². The van der Waals surface area contributed by atoms with Gasteiger partial charge in [0.15, 0.2) is 9.84 Å². The normalized spacial score (nSPS) is 15.2. The quantitative estimate of drug-likeness (QED) is 0.890. The van der Waals surface area contributed by atoms with E-state index in [4.69, 9.17) is 10.5 Å². The van der Waals surface area contributed by atoms with E-state index in [9.17, 15) is 8.42 Å². The van der Waals surface area contributed by atoms with Crippen LogP contribution in [0.3, 0.4) is 0 Å². The van der Waals surface area contributed by atoms with Gasteiger partial charge in [0.1, 0.15) is 5.75 Å². The summed E-state index contributed by atoms with van der Waals surface area (Å²) in [5.74, 6) is 0.717. The molecule has 18 heavy (non-hydrogen) atoms. The van der Waals surface area contributed by atoms with Crippen LogP contribution >= 0.6 is 15.9 Å². The van der Waals surface area contributed by atoms with Crippen LogP contribution in [0.2, 0.25) is 0 Å². The van der Waals surface area contributed by atoms with Crippen molar-refractivity contribution < 1.29 is 13.2 Å². The molecule has 6 heteroatoms. The Morgan fingerprint density at radius 1 is 1.44 bits per heavy atom. The lowest BCUT2D eigenvalue weighted by atomic mass is 10.0. The second-order valence-electron chi connectivity index (χ2n) is 4.36. The number of nitrogens with two attached hydrogens (primary N) is 1. The highest BCUT2D eigenvalue weighted by Gasteiger charge is 2.23. The van der Waals surface area contributed by atoms with Gasteiger partial charge in [-0.25, -0.2) is 8.42 Å². The third-order valence-corrected chi connectivity index (χ3v) is 5.17. The molecule has 0 amide bonds. The number of halogens is 1. The van der Waals surface area contributed by atoms with Crippen LogP contribution in [0, 0.1) is 0 Å². The summed E-state index contributed by atoms with van der Waals surface area (Å²) in [6, 6.07) is 5.14. The SMILES string of the molecule is COc1ccc(Br)cc1CC(N)C(C)S(C)(=O)=O. The zero-order chi connectivity index (χ0) is 13.9. The average molecular weight is 336 g/mol. The Hall–Kier alpha value is -0.590. The van der Waals surface area contributed by atoms with Crippen molar-refractivity contribution in [1.29, 1.82) is 0 Å². The maximum atomic E-state index is 11.5. The summed E-state index contributed by atoms with van der Waals surface area (Å²) in [6.45, 7) is 1.63. The smallest absolute Gasteiger partial charge is 0.151 e. The second kappa shape index (κ2) is 6.04. The third-order valence-electron chi connectivity index (χ3n) is 2.98. The topological polar surface area (TPSA) is 69.4 Å². The maximum absolute atomic E-state index is 11.5. The Balaban J connectivity index is 2.94. The molecule has 0 aliphatic rings. The van der Waals surface area contributed by atoms with E-state index in [2.05, 4.69) is 15.9 Å². The van der Waals surface area contributed by atoms with Gasteiger partial charge in [0.25, 0.3) is 0 Å². The van der Waals surface area contributed by atoms with Gasteiger partial charge < -0.3 is 10.5 Å². The van der Waals surface area contributed by atoms with Crippen LogP contribution in [0.4, 0.5) is 0 Å². The van der Waals surface area contributed by atoms with Gasteiger partial charge in [-0.15, -0.1) is 0 Å². The van der Waals surface area contributed by atoms with Crippen LogP contribution in [0.15, 0.2) is 22.7 Å². The summed E-state index contributed by atoms with van der Waals surface area (Å²) in [4.78, 5) is 0. The van der Waals surface area contributed by atoms with Gasteiger partial charge in [-0.3, -0.25) is 0 Å². The van der Waals surface area contributed by atoms with Crippen LogP contribution in [0.5, 0.6) is 5.75 Å². The van der Waals surface area contributed by atoms with Crippen molar-refractivity contribution in [2.75, 3.05) is 13.4 Å². The molecular weight excluding hydrogens is 318 g/mol. The number of methoxy groups -OCH3 is 1. The largest absolute Gasteiger partial charge is 0.496 e. The van der Waals surface area contributed by atoms with E-state index in [1.165, 1.54) is 6.26 Å². The van der Waals surface area contributed by atoms with Crippen LogP contribution in [-0.2, 0) is 16.3 Å². The second-order valence-corrected chi connectivity index (χ2v) is 7.68. The molecule has 102 valence electrons. The van der Waals surface area contributed by atoms with E-state index in [0.717, 1.165) is 10.0 Å². The van der Waals surface area contributed by atoms with Gasteiger partial charge in [0, 0.05) is 16.8 Å². The molecule has 2 unspecified atom stereocenters. The van der Waals surface area contributed by atoms with E-state index >= 15 is 0 Å². The first-order valence-electron chi connectivity index (χ1n) is 5.52. The molecule has 1 aromatic carbocycles. The molecule has 0 bridgehead atoms. The molecular formula is C12H18BrNO3S. The molecule has 2 atom stereocenters. The van der Waals surface area contributed by atoms with E-state index < -0.39 is 21.1 Å². The van der Waals surface area contributed by atoms with Crippen molar-refractivity contribution in [3.05, 3.63) is 28.2 Å². The molecule has 0 aliphatic carbocycles. The summed E-state index contributed by atoms with van der Waals surface area (Å²) in [5, 5.41) is -0.582. The molecule has 0 fully saturated rings. The minimum Gasteiger partial charge on any atom is -0.496 e. The van der Waals surface area contributed by atoms with E-state index in [1.807, 2.05) is 18.2 Å². The third kappa shape index (κ3) is 3.96. The van der Waals surface area contributed by atoms with Gasteiger partial charge in [-0.2, -0.15) is 0 Å². The minimum atomic E-state index is -3.13. The highest BCUT2D eigenvalue weighted by atomic mass is 79.9. The lowest BCUT2D eigenvalue weighted by Crippen LogP contribution is -2.39. The molecule has 0 radical (unpaired) electrons. The summed E-state index contributed by atoms with van der Waals surface area (Å²) < 4.78 is 29.1. The fourth-order valence-electron chi connectivity index (χ4n) is 1.64. The highest BCUT2D eigenvalue weighted by molar-refractivity contribution is 9.10. The molecule has 0 saturated heterocycles. The number of rotatable bonds is 5. The minimum absolute atomic E-state index is 0.455. The van der Waals surface area contributed by atoms with Crippen LogP contribution in [0.25, 0.3) is 0 Å². The first-order valence-corrected chi connectivity index (χ1v) is 8.27. The van der Waals surface area contributed by atoms with Crippen molar-refractivity contribution in [3.8, 4) is 5.75 Å². The van der Waals surface area contributed by atoms with E-state index in [1.54, 1.807) is 14.0 Å². The van der Waals surface area contributed by atoms with Crippen molar-refractivity contribution in [3.63, 3.8) is 0 Å². The Morgan fingerprint density at radius 3 is 2.56 bits per heavy atom. The first kappa shape index (κ1) is 15.5. The van der Waals surface area contributed by atoms with Gasteiger partial charge in [0.05, 0.1) is 12.4 Å². The number of benzene rings is 1. The Kier molecular flexibility index (Phi) is 5.19. The Morgan fingerprint density at radius 2 is 2.06 bits per heavy atom. The fourth-order valence-corrected chi connectivity index (χ4v) is 2.78. The number of ether oxygens (including phenoxy) is 1. The molecule has 1 aromatic rings. The van der Waals surface area contributed by atoms with Gasteiger partial charge >= 0.3 is 0 Å². The van der Waals surface area contributed by atoms with Crippen LogP contribution in [-0.4, -0.2) is 33.1 Å². The molecule has 0 aliphatic heterocycles. The number of hydrogen-bond donors (Lipinski definition) is 1. The lowest BCUT2D eigenvalue weighted by molar-refractivity contribution is 0.407. The van der Waals surface area contributed by atoms with Crippen molar-refractivity contribution >= 4 is 25.8 Å². The van der Waals surface area contributed by atoms with Crippen LogP contribution < -0.4 is 10.5 Å². The number of hydrogen-bond acceptors (Lipinski definition) is 4. The van der Waals surface area contributed by atoms with Crippen molar-refractivity contribution in [2.45, 2.75) is 24.6 Å².